The molecule has 0 radical (unpaired) electrons. The Bertz CT molecular complexity index is 472. The summed E-state index contributed by atoms with van der Waals surface area (Å²) in [5, 5.41) is 0. The van der Waals surface area contributed by atoms with E-state index in [-0.39, 0.29) is 0 Å². The van der Waals surface area contributed by atoms with Gasteiger partial charge in [-0.15, -0.1) is 0 Å². The van der Waals surface area contributed by atoms with Crippen LogP contribution < -0.4 is 10.5 Å². The Hall–Kier alpha value is -1.13. The van der Waals surface area contributed by atoms with Crippen molar-refractivity contribution in [2.75, 3.05) is 13.7 Å². The summed E-state index contributed by atoms with van der Waals surface area (Å²) in [6.45, 7) is 4.41. The van der Waals surface area contributed by atoms with Crippen LogP contribution in [0.5, 0.6) is 5.75 Å². The number of nitrogens with zero attached hydrogens (tertiary/aromatic N) is 1. The molecule has 0 atom stereocenters. The molecule has 110 valence electrons. The first kappa shape index (κ1) is 15.3. The molecule has 0 heterocycles. The Kier molecular flexibility index (Phi) is 5.38. The zero-order valence-corrected chi connectivity index (χ0v) is 13.2. The zero-order valence-electron chi connectivity index (χ0n) is 12.4. The van der Waals surface area contributed by atoms with Gasteiger partial charge in [-0.1, -0.05) is 31.6 Å². The van der Waals surface area contributed by atoms with Crippen LogP contribution in [0.3, 0.4) is 0 Å². The summed E-state index contributed by atoms with van der Waals surface area (Å²) in [6.07, 6.45) is 5.18. The van der Waals surface area contributed by atoms with Crippen LogP contribution in [0.2, 0.25) is 0 Å². The van der Waals surface area contributed by atoms with Crippen molar-refractivity contribution >= 4 is 17.2 Å². The number of rotatable bonds is 8. The summed E-state index contributed by atoms with van der Waals surface area (Å²) in [4.78, 5) is 2.97. The fraction of sp³-hybridized carbons (Fsp3) is 0.562. The molecule has 1 saturated carbocycles. The molecule has 0 amide bonds. The third-order valence-corrected chi connectivity index (χ3v) is 4.00. The third-order valence-electron chi connectivity index (χ3n) is 3.78. The molecule has 0 saturated heterocycles. The summed E-state index contributed by atoms with van der Waals surface area (Å²) >= 11 is 5.04. The molecule has 1 fully saturated rings. The highest BCUT2D eigenvalue weighted by atomic mass is 32.1. The molecule has 20 heavy (non-hydrogen) atoms. The van der Waals surface area contributed by atoms with Crippen molar-refractivity contribution in [2.45, 2.75) is 45.2 Å². The van der Waals surface area contributed by atoms with Crippen molar-refractivity contribution in [1.29, 1.82) is 0 Å². The number of benzene rings is 1. The van der Waals surface area contributed by atoms with Crippen LogP contribution >= 0.6 is 12.2 Å². The molecule has 3 nitrogen and oxygen atoms in total. The van der Waals surface area contributed by atoms with Gasteiger partial charge in [-0.25, -0.2) is 0 Å². The number of thiocarbonyl (C=S) groups is 1. The van der Waals surface area contributed by atoms with Gasteiger partial charge in [-0.3, -0.25) is 4.90 Å². The van der Waals surface area contributed by atoms with E-state index >= 15 is 0 Å². The van der Waals surface area contributed by atoms with Crippen molar-refractivity contribution < 1.29 is 4.74 Å². The maximum absolute atomic E-state index is 5.71. The first-order chi connectivity index (χ1) is 9.65. The molecule has 2 rings (SSSR count). The van der Waals surface area contributed by atoms with Crippen molar-refractivity contribution in [2.24, 2.45) is 5.73 Å². The maximum atomic E-state index is 5.71. The lowest BCUT2D eigenvalue weighted by Gasteiger charge is -2.22. The largest absolute Gasteiger partial charge is 0.496 e. The molecule has 2 N–H and O–H groups in total. The highest BCUT2D eigenvalue weighted by molar-refractivity contribution is 7.80. The van der Waals surface area contributed by atoms with E-state index in [1.165, 1.54) is 37.8 Å². The average molecular weight is 292 g/mol. The smallest absolute Gasteiger partial charge is 0.129 e. The Balaban J connectivity index is 2.09. The molecule has 0 bridgehead atoms. The van der Waals surface area contributed by atoms with Gasteiger partial charge in [0.05, 0.1) is 12.7 Å². The van der Waals surface area contributed by atoms with E-state index in [2.05, 4.69) is 24.0 Å². The number of hydrogen-bond donors (Lipinski definition) is 1. The number of nitrogens with two attached hydrogens (primary N) is 1. The average Bonchev–Trinajstić information content (AvgIpc) is 3.27. The SMILES string of the molecule is CCCCN(Cc1ccc(C(N)=S)c(OC)c1)C1CC1. The lowest BCUT2D eigenvalue weighted by molar-refractivity contribution is 0.250. The van der Waals surface area contributed by atoms with Crippen LogP contribution in [-0.4, -0.2) is 29.6 Å². The summed E-state index contributed by atoms with van der Waals surface area (Å²) in [6, 6.07) is 6.93. The monoisotopic (exact) mass is 292 g/mol. The molecule has 0 aliphatic heterocycles. The summed E-state index contributed by atoms with van der Waals surface area (Å²) < 4.78 is 5.40. The van der Waals surface area contributed by atoms with E-state index in [0.717, 1.165) is 23.9 Å². The molecule has 1 aliphatic carbocycles. The van der Waals surface area contributed by atoms with E-state index in [4.69, 9.17) is 22.7 Å². The van der Waals surface area contributed by atoms with Gasteiger partial charge in [0.2, 0.25) is 0 Å². The Morgan fingerprint density at radius 2 is 2.20 bits per heavy atom. The Labute approximate surface area is 127 Å². The molecule has 0 aromatic heterocycles. The molecular formula is C16H24N2OS. The highest BCUT2D eigenvalue weighted by Gasteiger charge is 2.28. The topological polar surface area (TPSA) is 38.5 Å². The van der Waals surface area contributed by atoms with Crippen LogP contribution in [-0.2, 0) is 6.54 Å². The van der Waals surface area contributed by atoms with Crippen molar-refractivity contribution in [1.82, 2.24) is 4.90 Å². The van der Waals surface area contributed by atoms with Gasteiger partial charge in [-0.2, -0.15) is 0 Å². The molecule has 1 aromatic rings. The normalized spacial score (nSPS) is 14.6. The molecular weight excluding hydrogens is 268 g/mol. The van der Waals surface area contributed by atoms with Crippen molar-refractivity contribution in [3.63, 3.8) is 0 Å². The number of methoxy groups -OCH3 is 1. The predicted octanol–water partition coefficient (Wildman–Crippen LogP) is 3.09. The molecule has 1 aromatic carbocycles. The lowest BCUT2D eigenvalue weighted by Crippen LogP contribution is -2.26. The van der Waals surface area contributed by atoms with Crippen LogP contribution in [0.4, 0.5) is 0 Å². The highest BCUT2D eigenvalue weighted by Crippen LogP contribution is 2.29. The zero-order chi connectivity index (χ0) is 14.5. The van der Waals surface area contributed by atoms with Gasteiger partial charge >= 0.3 is 0 Å². The van der Waals surface area contributed by atoms with Gasteiger partial charge < -0.3 is 10.5 Å². The van der Waals surface area contributed by atoms with Crippen molar-refractivity contribution in [3.05, 3.63) is 29.3 Å². The predicted molar refractivity (Wildman–Crippen MR) is 87.2 cm³/mol. The second-order valence-corrected chi connectivity index (χ2v) is 5.89. The van der Waals surface area contributed by atoms with E-state index < -0.39 is 0 Å². The third kappa shape index (κ3) is 3.93. The summed E-state index contributed by atoms with van der Waals surface area (Å²) in [7, 11) is 1.66. The van der Waals surface area contributed by atoms with Gasteiger partial charge in [-0.05, 0) is 43.5 Å². The number of unbranched alkanes of at least 4 members (excludes halogenated alkanes) is 1. The van der Waals surface area contributed by atoms with E-state index in [1.54, 1.807) is 7.11 Å². The van der Waals surface area contributed by atoms with Gasteiger partial charge in [0, 0.05) is 12.6 Å². The maximum Gasteiger partial charge on any atom is 0.129 e. The van der Waals surface area contributed by atoms with Crippen LogP contribution in [0, 0.1) is 0 Å². The second kappa shape index (κ2) is 7.04. The summed E-state index contributed by atoms with van der Waals surface area (Å²) in [5.41, 5.74) is 7.79. The van der Waals surface area contributed by atoms with E-state index in [1.807, 2.05) is 6.07 Å². The molecule has 0 unspecified atom stereocenters. The molecule has 4 heteroatoms. The van der Waals surface area contributed by atoms with Gasteiger partial charge in [0.15, 0.2) is 0 Å². The Morgan fingerprint density at radius 3 is 2.75 bits per heavy atom. The first-order valence-electron chi connectivity index (χ1n) is 7.36. The number of ether oxygens (including phenoxy) is 1. The molecule has 1 aliphatic rings. The molecule has 0 spiro atoms. The lowest BCUT2D eigenvalue weighted by atomic mass is 10.1. The Morgan fingerprint density at radius 1 is 1.45 bits per heavy atom. The fourth-order valence-electron chi connectivity index (χ4n) is 2.46. The van der Waals surface area contributed by atoms with Gasteiger partial charge in [0.1, 0.15) is 10.7 Å². The van der Waals surface area contributed by atoms with Crippen molar-refractivity contribution in [3.8, 4) is 5.75 Å². The standard InChI is InChI=1S/C16H24N2OS/c1-3-4-9-18(13-6-7-13)11-12-5-8-14(16(17)20)15(10-12)19-2/h5,8,10,13H,3-4,6-7,9,11H2,1-2H3,(H2,17,20). The van der Waals surface area contributed by atoms with E-state index in [0.29, 0.717) is 4.99 Å². The summed E-state index contributed by atoms with van der Waals surface area (Å²) in [5.74, 6) is 0.779. The fourth-order valence-corrected chi connectivity index (χ4v) is 2.63. The quantitative estimate of drug-likeness (QED) is 0.747. The minimum Gasteiger partial charge on any atom is -0.496 e. The van der Waals surface area contributed by atoms with Gasteiger partial charge in [0.25, 0.3) is 0 Å². The second-order valence-electron chi connectivity index (χ2n) is 5.45. The van der Waals surface area contributed by atoms with Crippen LogP contribution in [0.25, 0.3) is 0 Å². The first-order valence-corrected chi connectivity index (χ1v) is 7.77. The minimum atomic E-state index is 0.387. The number of hydrogen-bond acceptors (Lipinski definition) is 3. The minimum absolute atomic E-state index is 0.387. The van der Waals surface area contributed by atoms with Crippen LogP contribution in [0.15, 0.2) is 18.2 Å². The van der Waals surface area contributed by atoms with Crippen LogP contribution in [0.1, 0.15) is 43.7 Å². The van der Waals surface area contributed by atoms with E-state index in [9.17, 15) is 0 Å².